The second kappa shape index (κ2) is 41.3. The quantitative estimate of drug-likeness (QED) is 0.0245. The Labute approximate surface area is 614 Å². The van der Waals surface area contributed by atoms with Gasteiger partial charge in [0.15, 0.2) is 11.6 Å². The number of nitrogens with one attached hydrogen (secondary N) is 4. The third kappa shape index (κ3) is 25.3. The predicted molar refractivity (Wildman–Crippen MR) is 387 cm³/mol. The van der Waals surface area contributed by atoms with Crippen LogP contribution in [0.1, 0.15) is 170 Å². The number of likely N-dealkylation sites (tertiary alicyclic amines) is 2. The number of rotatable bonds is 45. The summed E-state index contributed by atoms with van der Waals surface area (Å²) in [5.74, 6) is -9.32. The lowest BCUT2D eigenvalue weighted by molar-refractivity contribution is -0.149. The Morgan fingerprint density at radius 2 is 1.45 bits per heavy atom. The lowest BCUT2D eigenvalue weighted by atomic mass is 9.83. The minimum atomic E-state index is -1.02. The zero-order chi connectivity index (χ0) is 77.4. The molecule has 2 aliphatic heterocycles. The molecule has 3 fully saturated rings. The number of methoxy groups -OCH3 is 2. The van der Waals surface area contributed by atoms with Gasteiger partial charge >= 0.3 is 18.1 Å². The SMILES string of the molecule is CC[C@H](C)[C@@H]([C@@H](CC(=O)N1C[C@@H](O)C[C@H]1[C@H](OC)[C@@H](C)C(=O)NCCc1c(F)cccc1F)OC)N(C)C(=O)[C@@H](CC(=O)[C@H](C(C)C)N(C)C(=O)OCc1ccc(NC(=O)[C@H](CCCNC(N)=O)CC(=O)[C@@H](NC(=O)CCCCCN2C(=O)CC(SCC3(CC(=O)O)CC3)C2=O)C(C)C)cc1)C(C)C. The summed E-state index contributed by atoms with van der Waals surface area (Å²) in [5, 5.41) is 30.6. The van der Waals surface area contributed by atoms with Gasteiger partial charge in [0.25, 0.3) is 0 Å². The number of unbranched alkanes of at least 4 members (excludes halogenated alkanes) is 2. The molecule has 26 nitrogen and oxygen atoms in total. The van der Waals surface area contributed by atoms with E-state index >= 15 is 0 Å². The summed E-state index contributed by atoms with van der Waals surface area (Å²) in [6.07, 6.45) is -0.0686. The molecule has 0 bridgehead atoms. The van der Waals surface area contributed by atoms with Crippen LogP contribution in [0.15, 0.2) is 42.5 Å². The van der Waals surface area contributed by atoms with E-state index in [4.69, 9.17) is 19.9 Å². The third-order valence-electron chi connectivity index (χ3n) is 20.5. The van der Waals surface area contributed by atoms with Crippen molar-refractivity contribution in [3.05, 3.63) is 65.2 Å². The number of likely N-dealkylation sites (N-methyl/N-ethyl adjacent to an activating group) is 2. The van der Waals surface area contributed by atoms with Gasteiger partial charge in [0.05, 0.1) is 66.5 Å². The molecule has 0 aromatic heterocycles. The number of aliphatic hydroxyl groups excluding tert-OH is 1. The Bertz CT molecular complexity index is 3270. The zero-order valence-electron chi connectivity index (χ0n) is 62.8. The Morgan fingerprint density at radius 3 is 2.03 bits per heavy atom. The van der Waals surface area contributed by atoms with Crippen molar-refractivity contribution in [1.82, 2.24) is 35.6 Å². The number of amides is 10. The van der Waals surface area contributed by atoms with Crippen molar-refractivity contribution in [2.24, 2.45) is 52.6 Å². The number of hydrogen-bond acceptors (Lipinski definition) is 17. The first-order valence-electron chi connectivity index (χ1n) is 36.4. The monoisotopic (exact) mass is 1480 g/mol. The van der Waals surface area contributed by atoms with Crippen molar-refractivity contribution in [3.8, 4) is 0 Å². The number of carbonyl (C=O) groups excluding carboxylic acids is 11. The second-order valence-corrected chi connectivity index (χ2v) is 30.6. The van der Waals surface area contributed by atoms with E-state index in [1.54, 1.807) is 65.9 Å². The maximum Gasteiger partial charge on any atom is 0.410 e. The molecular formula is C75H113F2N9O17S. The summed E-state index contributed by atoms with van der Waals surface area (Å²) in [7, 11) is 5.89. The summed E-state index contributed by atoms with van der Waals surface area (Å²) in [4.78, 5) is 167. The molecule has 0 radical (unpaired) electrons. The molecule has 1 unspecified atom stereocenters. The fraction of sp³-hybridized carbons (Fsp3) is 0.680. The standard InChI is InChI=1S/C75H113F2N9O17S/c1-14-46(8)67(59(101-12)37-62(91)86-40-51(87)35-56(86)68(102-13)47(9)69(95)79-32-28-52-54(76)21-18-22-55(52)77)83(10)71(97)53(43(2)3)36-58(89)66(45(6)7)84(11)74(100)103-41-48-24-26-50(27-25-48)81-70(96)49(20-19-31-80-73(78)99)34-57(88)65(44(4)5)82-61(90)23-16-15-17-33-85-63(92)38-60(72(85)98)104-42-75(29-30-75)39-64(93)94/h18,21-22,24-27,43-47,49,51,53,56,59-60,65-68,87H,14-17,19-20,23,28-42H2,1-13H3,(H,79,95)(H,81,96)(H,82,90)(H,93,94)(H3,78,80,99)/t46-,47+,49+,51-,53-,56-,59+,60?,65-,66-,67-,68+/m0/s1. The summed E-state index contributed by atoms with van der Waals surface area (Å²) in [6, 6.07) is 5.80. The number of thioether (sulfide) groups is 1. The fourth-order valence-electron chi connectivity index (χ4n) is 14.1. The largest absolute Gasteiger partial charge is 0.481 e. The molecule has 104 heavy (non-hydrogen) atoms. The number of imide groups is 1. The molecule has 1 aliphatic carbocycles. The van der Waals surface area contributed by atoms with Crippen LogP contribution in [-0.2, 0) is 75.2 Å². The molecule has 0 spiro atoms. The maximum atomic E-state index is 14.9. The van der Waals surface area contributed by atoms with Crippen LogP contribution in [-0.4, -0.2) is 209 Å². The van der Waals surface area contributed by atoms with E-state index in [0.717, 1.165) is 25.0 Å². The minimum Gasteiger partial charge on any atom is -0.481 e. The fourth-order valence-corrected chi connectivity index (χ4v) is 15.6. The highest BCUT2D eigenvalue weighted by molar-refractivity contribution is 8.00. The molecule has 580 valence electrons. The predicted octanol–water partition coefficient (Wildman–Crippen LogP) is 7.82. The number of anilines is 1. The van der Waals surface area contributed by atoms with Crippen LogP contribution < -0.4 is 27.0 Å². The van der Waals surface area contributed by atoms with Crippen LogP contribution in [0, 0.1) is 58.5 Å². The number of primary amides is 1. The first-order chi connectivity index (χ1) is 49.1. The van der Waals surface area contributed by atoms with Gasteiger partial charge in [0, 0.05) is 109 Å². The molecular weight excluding hydrogens is 1370 g/mol. The average molecular weight is 1480 g/mol. The van der Waals surface area contributed by atoms with Crippen molar-refractivity contribution in [2.45, 2.75) is 219 Å². The number of aliphatic hydroxyl groups is 1. The molecule has 2 aromatic carbocycles. The van der Waals surface area contributed by atoms with Crippen LogP contribution >= 0.6 is 11.8 Å². The van der Waals surface area contributed by atoms with Crippen molar-refractivity contribution >= 4 is 88.5 Å². The summed E-state index contributed by atoms with van der Waals surface area (Å²) in [5.41, 5.74) is 5.69. The van der Waals surface area contributed by atoms with E-state index < -0.39 is 119 Å². The number of hydrogen-bond donors (Lipinski definition) is 7. The van der Waals surface area contributed by atoms with Crippen LogP contribution in [0.3, 0.4) is 0 Å². The molecule has 29 heteroatoms. The number of ether oxygens (including phenoxy) is 3. The number of ketones is 2. The van der Waals surface area contributed by atoms with Crippen molar-refractivity contribution in [3.63, 3.8) is 0 Å². The number of nitrogens with zero attached hydrogens (tertiary/aromatic N) is 4. The van der Waals surface area contributed by atoms with Crippen LogP contribution in [0.25, 0.3) is 0 Å². The van der Waals surface area contributed by atoms with E-state index in [1.807, 2.05) is 27.7 Å². The number of carbonyl (C=O) groups is 12. The number of Topliss-reactive ketones (excluding diaryl/α,β-unsaturated/α-hetero) is 2. The van der Waals surface area contributed by atoms with Gasteiger partial charge in [-0.1, -0.05) is 93.4 Å². The van der Waals surface area contributed by atoms with Gasteiger partial charge in [0.2, 0.25) is 41.4 Å². The lowest BCUT2D eigenvalue weighted by Crippen LogP contribution is -2.54. The zero-order valence-corrected chi connectivity index (χ0v) is 63.6. The normalized spacial score (nSPS) is 18.9. The highest BCUT2D eigenvalue weighted by atomic mass is 32.2. The van der Waals surface area contributed by atoms with Gasteiger partial charge in [-0.2, -0.15) is 0 Å². The van der Waals surface area contributed by atoms with Gasteiger partial charge in [-0.3, -0.25) is 52.8 Å². The second-order valence-electron chi connectivity index (χ2n) is 29.5. The Balaban J connectivity index is 1.15. The van der Waals surface area contributed by atoms with E-state index in [1.165, 1.54) is 58.7 Å². The number of benzene rings is 2. The summed E-state index contributed by atoms with van der Waals surface area (Å²) in [6.45, 7) is 16.2. The molecule has 2 saturated heterocycles. The topological polar surface area (TPSA) is 360 Å². The van der Waals surface area contributed by atoms with Crippen LogP contribution in [0.4, 0.5) is 24.1 Å². The summed E-state index contributed by atoms with van der Waals surface area (Å²) >= 11 is 1.35. The van der Waals surface area contributed by atoms with Gasteiger partial charge in [-0.05, 0) is 110 Å². The Morgan fingerprint density at radius 1 is 0.788 bits per heavy atom. The maximum absolute atomic E-state index is 14.9. The number of β-amino-alcohol motifs (C(OH)–C–C–N with tert-alkyl or cyclic N) is 1. The van der Waals surface area contributed by atoms with E-state index in [0.29, 0.717) is 49.1 Å². The highest BCUT2D eigenvalue weighted by Crippen LogP contribution is 2.52. The molecule has 5 rings (SSSR count). The number of carboxylic acids is 1. The first-order valence-corrected chi connectivity index (χ1v) is 37.5. The Hall–Kier alpha value is -7.63. The smallest absolute Gasteiger partial charge is 0.410 e. The van der Waals surface area contributed by atoms with Crippen LogP contribution in [0.5, 0.6) is 0 Å². The number of aliphatic carboxylic acids is 1. The third-order valence-corrected chi connectivity index (χ3v) is 22.1. The number of halogens is 2. The van der Waals surface area contributed by atoms with Crippen molar-refractivity contribution in [1.29, 1.82) is 0 Å². The van der Waals surface area contributed by atoms with Gasteiger partial charge in [-0.15, -0.1) is 11.8 Å². The number of nitrogens with two attached hydrogens (primary N) is 1. The molecule has 8 N–H and O–H groups in total. The van der Waals surface area contributed by atoms with E-state index in [-0.39, 0.29) is 155 Å². The lowest BCUT2D eigenvalue weighted by Gasteiger charge is -2.41. The van der Waals surface area contributed by atoms with Gasteiger partial charge in [0.1, 0.15) is 18.2 Å². The van der Waals surface area contributed by atoms with Crippen molar-refractivity contribution < 1.29 is 90.7 Å². The molecule has 1 saturated carbocycles. The van der Waals surface area contributed by atoms with Crippen molar-refractivity contribution in [2.75, 3.05) is 65.6 Å². The Kier molecular flexibility index (Phi) is 34.6. The van der Waals surface area contributed by atoms with Crippen LogP contribution in [0.2, 0.25) is 0 Å². The molecule has 2 aromatic rings. The van der Waals surface area contributed by atoms with E-state index in [9.17, 15) is 76.5 Å². The summed E-state index contributed by atoms with van der Waals surface area (Å²) < 4.78 is 46.2. The number of carboxylic acid groups (broad SMARTS) is 1. The number of urea groups is 1. The first kappa shape index (κ1) is 87.0. The molecule has 2 heterocycles. The van der Waals surface area contributed by atoms with Gasteiger partial charge in [-0.25, -0.2) is 18.4 Å². The molecule has 10 amide bonds. The van der Waals surface area contributed by atoms with E-state index in [2.05, 4.69) is 21.3 Å². The van der Waals surface area contributed by atoms with Gasteiger partial charge < -0.3 is 66.1 Å². The average Bonchev–Trinajstić information content (AvgIpc) is 1.70. The molecule has 12 atom stereocenters. The minimum absolute atomic E-state index is 0.0421. The molecule has 3 aliphatic rings. The highest BCUT2D eigenvalue weighted by Gasteiger charge is 2.49.